The van der Waals surface area contributed by atoms with Crippen LogP contribution in [0.3, 0.4) is 0 Å². The lowest BCUT2D eigenvalue weighted by Crippen LogP contribution is -2.30. The molecular weight excluding hydrogens is 315 g/mol. The monoisotopic (exact) mass is 326 g/mol. The zero-order chi connectivity index (χ0) is 14.9. The summed E-state index contributed by atoms with van der Waals surface area (Å²) in [5.74, 6) is 0. The molecule has 0 spiro atoms. The minimum absolute atomic E-state index is 0.0778. The number of aromatic nitrogens is 1. The maximum absolute atomic E-state index is 12.4. The first-order chi connectivity index (χ1) is 9.41. The van der Waals surface area contributed by atoms with Gasteiger partial charge >= 0.3 is 0 Å². The second-order valence-corrected chi connectivity index (χ2v) is 5.60. The van der Waals surface area contributed by atoms with Crippen molar-refractivity contribution in [3.05, 3.63) is 67.6 Å². The predicted molar refractivity (Wildman–Crippen MR) is 86.9 cm³/mol. The SMILES string of the molecule is Cc1ccc(C(N)=S)c(=O)n1Cc1c(Cl)cccc1Cl. The predicted octanol–water partition coefficient (Wildman–Crippen LogP) is 3.15. The standard InChI is InChI=1S/C14H12Cl2N2OS/c1-8-5-6-9(13(17)20)14(19)18(8)7-10-11(15)3-2-4-12(10)16/h2-6H,7H2,1H3,(H2,17,20). The average molecular weight is 327 g/mol. The summed E-state index contributed by atoms with van der Waals surface area (Å²) < 4.78 is 1.56. The van der Waals surface area contributed by atoms with Crippen molar-refractivity contribution in [2.45, 2.75) is 13.5 Å². The number of benzene rings is 1. The summed E-state index contributed by atoms with van der Waals surface area (Å²) in [6.45, 7) is 2.11. The Kier molecular flexibility index (Phi) is 4.48. The lowest BCUT2D eigenvalue weighted by atomic mass is 10.2. The van der Waals surface area contributed by atoms with Gasteiger partial charge in [0.25, 0.3) is 5.56 Å². The Bertz CT molecular complexity index is 720. The van der Waals surface area contributed by atoms with Gasteiger partial charge in [-0.15, -0.1) is 0 Å². The highest BCUT2D eigenvalue weighted by molar-refractivity contribution is 7.80. The number of thiocarbonyl (C=S) groups is 1. The van der Waals surface area contributed by atoms with E-state index in [9.17, 15) is 4.79 Å². The van der Waals surface area contributed by atoms with Gasteiger partial charge < -0.3 is 10.3 Å². The molecule has 0 bridgehead atoms. The molecule has 0 atom stereocenters. The van der Waals surface area contributed by atoms with E-state index in [-0.39, 0.29) is 17.1 Å². The summed E-state index contributed by atoms with van der Waals surface area (Å²) >= 11 is 17.2. The Hall–Kier alpha value is -1.36. The Morgan fingerprint density at radius 1 is 1.25 bits per heavy atom. The normalized spacial score (nSPS) is 10.6. The molecule has 0 fully saturated rings. The maximum atomic E-state index is 12.4. The molecule has 2 N–H and O–H groups in total. The molecule has 1 aromatic carbocycles. The molecule has 3 nitrogen and oxygen atoms in total. The number of nitrogens with two attached hydrogens (primary N) is 1. The molecule has 2 aromatic rings. The maximum Gasteiger partial charge on any atom is 0.261 e. The molecular formula is C14H12Cl2N2OS. The summed E-state index contributed by atoms with van der Waals surface area (Å²) in [4.78, 5) is 12.4. The van der Waals surface area contributed by atoms with Crippen LogP contribution in [0.25, 0.3) is 0 Å². The fourth-order valence-corrected chi connectivity index (χ4v) is 2.57. The van der Waals surface area contributed by atoms with E-state index >= 15 is 0 Å². The minimum Gasteiger partial charge on any atom is -0.389 e. The molecule has 0 saturated heterocycles. The van der Waals surface area contributed by atoms with Crippen molar-refractivity contribution in [3.8, 4) is 0 Å². The van der Waals surface area contributed by atoms with Crippen LogP contribution in [-0.2, 0) is 6.54 Å². The molecule has 2 rings (SSSR count). The molecule has 1 heterocycles. The van der Waals surface area contributed by atoms with E-state index in [0.717, 1.165) is 5.69 Å². The molecule has 0 radical (unpaired) electrons. The Labute approximate surface area is 131 Å². The van der Waals surface area contributed by atoms with Gasteiger partial charge in [0.05, 0.1) is 12.1 Å². The van der Waals surface area contributed by atoms with Gasteiger partial charge in [0.15, 0.2) is 0 Å². The molecule has 0 aliphatic carbocycles. The van der Waals surface area contributed by atoms with E-state index in [2.05, 4.69) is 0 Å². The molecule has 6 heteroatoms. The van der Waals surface area contributed by atoms with Crippen molar-refractivity contribution < 1.29 is 0 Å². The molecule has 0 aliphatic heterocycles. The second-order valence-electron chi connectivity index (χ2n) is 4.34. The summed E-state index contributed by atoms with van der Waals surface area (Å²) in [6, 6.07) is 8.65. The van der Waals surface area contributed by atoms with Crippen molar-refractivity contribution in [2.24, 2.45) is 5.73 Å². The van der Waals surface area contributed by atoms with Gasteiger partial charge in [-0.25, -0.2) is 0 Å². The first-order valence-electron chi connectivity index (χ1n) is 5.85. The van der Waals surface area contributed by atoms with E-state index in [0.29, 0.717) is 21.2 Å². The molecule has 20 heavy (non-hydrogen) atoms. The minimum atomic E-state index is -0.242. The molecule has 0 aliphatic rings. The lowest BCUT2D eigenvalue weighted by Gasteiger charge is -2.13. The number of halogens is 2. The fourth-order valence-electron chi connectivity index (χ4n) is 1.90. The van der Waals surface area contributed by atoms with Crippen LogP contribution in [0.4, 0.5) is 0 Å². The zero-order valence-corrected chi connectivity index (χ0v) is 13.0. The third-order valence-electron chi connectivity index (χ3n) is 3.04. The van der Waals surface area contributed by atoms with Gasteiger partial charge in [0.1, 0.15) is 4.99 Å². The number of pyridine rings is 1. The smallest absolute Gasteiger partial charge is 0.261 e. The Balaban J connectivity index is 2.57. The van der Waals surface area contributed by atoms with Crippen LogP contribution < -0.4 is 11.3 Å². The lowest BCUT2D eigenvalue weighted by molar-refractivity contribution is 0.728. The van der Waals surface area contributed by atoms with Crippen molar-refractivity contribution in [1.82, 2.24) is 4.57 Å². The van der Waals surface area contributed by atoms with Gasteiger partial charge in [0, 0.05) is 21.3 Å². The van der Waals surface area contributed by atoms with Gasteiger partial charge in [-0.2, -0.15) is 0 Å². The quantitative estimate of drug-likeness (QED) is 0.881. The van der Waals surface area contributed by atoms with Gasteiger partial charge in [-0.1, -0.05) is 41.5 Å². The highest BCUT2D eigenvalue weighted by atomic mass is 35.5. The molecule has 104 valence electrons. The van der Waals surface area contributed by atoms with Crippen molar-refractivity contribution >= 4 is 40.4 Å². The van der Waals surface area contributed by atoms with Crippen molar-refractivity contribution in [2.75, 3.05) is 0 Å². The summed E-state index contributed by atoms with van der Waals surface area (Å²) in [6.07, 6.45) is 0. The third kappa shape index (κ3) is 2.87. The van der Waals surface area contributed by atoms with Gasteiger partial charge in [-0.3, -0.25) is 4.79 Å². The van der Waals surface area contributed by atoms with E-state index in [1.54, 1.807) is 34.9 Å². The van der Waals surface area contributed by atoms with Crippen molar-refractivity contribution in [1.29, 1.82) is 0 Å². The summed E-state index contributed by atoms with van der Waals surface area (Å²) in [7, 11) is 0. The summed E-state index contributed by atoms with van der Waals surface area (Å²) in [5, 5.41) is 1.04. The van der Waals surface area contributed by atoms with E-state index in [4.69, 9.17) is 41.2 Å². The second kappa shape index (κ2) is 5.95. The largest absolute Gasteiger partial charge is 0.389 e. The van der Waals surface area contributed by atoms with Gasteiger partial charge in [0.2, 0.25) is 0 Å². The van der Waals surface area contributed by atoms with E-state index in [1.165, 1.54) is 0 Å². The summed E-state index contributed by atoms with van der Waals surface area (Å²) in [5.41, 5.74) is 7.10. The van der Waals surface area contributed by atoms with Crippen LogP contribution in [0.1, 0.15) is 16.8 Å². The number of nitrogens with zero attached hydrogens (tertiary/aromatic N) is 1. The average Bonchev–Trinajstić information content (AvgIpc) is 2.36. The van der Waals surface area contributed by atoms with E-state index < -0.39 is 0 Å². The fraction of sp³-hybridized carbons (Fsp3) is 0.143. The third-order valence-corrected chi connectivity index (χ3v) is 3.96. The van der Waals surface area contributed by atoms with Gasteiger partial charge in [-0.05, 0) is 31.2 Å². The van der Waals surface area contributed by atoms with Crippen LogP contribution in [0, 0.1) is 6.92 Å². The van der Waals surface area contributed by atoms with Crippen LogP contribution in [-0.4, -0.2) is 9.56 Å². The van der Waals surface area contributed by atoms with Crippen LogP contribution in [0.15, 0.2) is 35.1 Å². The van der Waals surface area contributed by atoms with E-state index in [1.807, 2.05) is 6.92 Å². The Morgan fingerprint density at radius 2 is 1.85 bits per heavy atom. The molecule has 0 unspecified atom stereocenters. The molecule has 1 aromatic heterocycles. The van der Waals surface area contributed by atoms with Crippen molar-refractivity contribution in [3.63, 3.8) is 0 Å². The highest BCUT2D eigenvalue weighted by Gasteiger charge is 2.12. The topological polar surface area (TPSA) is 48.0 Å². The highest BCUT2D eigenvalue weighted by Crippen LogP contribution is 2.25. The first-order valence-corrected chi connectivity index (χ1v) is 7.01. The first kappa shape index (κ1) is 15.0. The number of hydrogen-bond donors (Lipinski definition) is 1. The van der Waals surface area contributed by atoms with Crippen LogP contribution in [0.2, 0.25) is 10.0 Å². The number of rotatable bonds is 3. The van der Waals surface area contributed by atoms with Crippen LogP contribution in [0.5, 0.6) is 0 Å². The molecule has 0 amide bonds. The zero-order valence-electron chi connectivity index (χ0n) is 10.7. The number of aryl methyl sites for hydroxylation is 1. The molecule has 0 saturated carbocycles. The number of hydrogen-bond acceptors (Lipinski definition) is 2. The Morgan fingerprint density at radius 3 is 2.40 bits per heavy atom. The van der Waals surface area contributed by atoms with Crippen LogP contribution >= 0.6 is 35.4 Å².